The fourth-order valence-corrected chi connectivity index (χ4v) is 2.42. The second-order valence-electron chi connectivity index (χ2n) is 8.06. The Bertz CT molecular complexity index is 306. The Morgan fingerprint density at radius 3 is 0.500 bits per heavy atom. The molecule has 0 aliphatic carbocycles. The van der Waals surface area contributed by atoms with E-state index in [9.17, 15) is 14.4 Å². The summed E-state index contributed by atoms with van der Waals surface area (Å²) in [5.41, 5.74) is 0. The molecule has 3 amide bonds. The molecule has 0 aromatic carbocycles. The smallest absolute Gasteiger partial charge is 0.520 e. The van der Waals surface area contributed by atoms with Gasteiger partial charge in [-0.05, 0) is 119 Å². The maximum Gasteiger partial charge on any atom is 3.00 e. The molecule has 0 aromatic rings. The molecule has 0 rings (SSSR count). The molecule has 0 heterocycles. The number of nitrogens with zero attached hydrogens (tertiary/aromatic N) is 3. The first-order valence-corrected chi connectivity index (χ1v) is 9.76. The summed E-state index contributed by atoms with van der Waals surface area (Å²) < 4.78 is 0. The first-order chi connectivity index (χ1) is 12.3. The van der Waals surface area contributed by atoms with Crippen molar-refractivity contribution in [2.45, 2.75) is 119 Å². The van der Waals surface area contributed by atoms with Gasteiger partial charge in [-0.1, -0.05) is 0 Å². The van der Waals surface area contributed by atoms with E-state index in [1.807, 2.05) is 102 Å². The van der Waals surface area contributed by atoms with E-state index in [-0.39, 0.29) is 71.8 Å². The maximum atomic E-state index is 10.2. The monoisotopic (exact) mass is 523 g/mol. The van der Waals surface area contributed by atoms with Crippen molar-refractivity contribution < 1.29 is 50.0 Å². The maximum absolute atomic E-state index is 10.2. The average Bonchev–Trinajstić information content (AvgIpc) is 2.47. The van der Waals surface area contributed by atoms with Gasteiger partial charge >= 0.3 is 35.6 Å². The zero-order valence-electron chi connectivity index (χ0n) is 20.1. The van der Waals surface area contributed by atoms with Crippen molar-refractivity contribution in [2.75, 3.05) is 0 Å². The van der Waals surface area contributed by atoms with Crippen LogP contribution in [-0.4, -0.2) is 70.2 Å². The van der Waals surface area contributed by atoms with Crippen LogP contribution in [0.3, 0.4) is 0 Å². The zero-order valence-corrected chi connectivity index (χ0v) is 23.7. The van der Waals surface area contributed by atoms with E-state index in [0.29, 0.717) is 0 Å². The normalized spacial score (nSPS) is 10.1. The third-order valence-electron chi connectivity index (χ3n) is 3.65. The van der Waals surface area contributed by atoms with Crippen LogP contribution in [0.15, 0.2) is 0 Å². The molecule has 6 nitrogen and oxygen atoms in total. The fraction of sp³-hybridized carbons (Fsp3) is 0.857. The molecule has 0 aliphatic rings. The Labute approximate surface area is 202 Å². The minimum atomic E-state index is 0. The van der Waals surface area contributed by atoms with Gasteiger partial charge in [0.2, 0.25) is 0 Å². The molecule has 0 aliphatic heterocycles. The topological polar surface area (TPSA) is 60.9 Å². The van der Waals surface area contributed by atoms with Gasteiger partial charge in [0.15, 0.2) is 0 Å². The summed E-state index contributed by atoms with van der Waals surface area (Å²) in [7, 11) is 0. The number of carbonyl (C=O) groups excluding carboxylic acids is 3. The molecule has 28 heavy (non-hydrogen) atoms. The molecule has 0 N–H and O–H groups in total. The Morgan fingerprint density at radius 2 is 0.500 bits per heavy atom. The zero-order chi connectivity index (χ0) is 22.3. The molecule has 0 fully saturated rings. The summed E-state index contributed by atoms with van der Waals surface area (Å²) in [6, 6.07) is 1.60. The molecule has 162 valence electrons. The standard InChI is InChI=1S/3C7H14NO.La/c3*1-6(2)8(5-9)7(3)4;/h3*6-7H,1-4H3;/q3*-1;+3. The number of hydrogen-bond donors (Lipinski definition) is 0. The van der Waals surface area contributed by atoms with E-state index in [4.69, 9.17) is 0 Å². The van der Waals surface area contributed by atoms with Crippen LogP contribution < -0.4 is 0 Å². The summed E-state index contributed by atoms with van der Waals surface area (Å²) in [6.07, 6.45) is 5.65. The Kier molecular flexibility index (Phi) is 24.9. The first kappa shape index (κ1) is 35.1. The number of rotatable bonds is 9. The van der Waals surface area contributed by atoms with Crippen LogP contribution in [0.1, 0.15) is 83.1 Å². The predicted octanol–water partition coefficient (Wildman–Crippen LogP) is 3.52. The van der Waals surface area contributed by atoms with Gasteiger partial charge in [-0.2, -0.15) is 19.2 Å². The largest absolute Gasteiger partial charge is 3.00 e. The molecule has 0 spiro atoms. The molecule has 0 saturated carbocycles. The van der Waals surface area contributed by atoms with Crippen LogP contribution in [0.2, 0.25) is 0 Å². The molecular formula is C21H42LaN3O3. The van der Waals surface area contributed by atoms with E-state index >= 15 is 0 Å². The van der Waals surface area contributed by atoms with Crippen LogP contribution in [-0.2, 0) is 14.4 Å². The van der Waals surface area contributed by atoms with Crippen molar-refractivity contribution in [3.63, 3.8) is 0 Å². The third kappa shape index (κ3) is 17.7. The third-order valence-corrected chi connectivity index (χ3v) is 3.65. The second-order valence-corrected chi connectivity index (χ2v) is 8.06. The van der Waals surface area contributed by atoms with Gasteiger partial charge in [-0.25, -0.2) is 0 Å². The van der Waals surface area contributed by atoms with Crippen molar-refractivity contribution in [1.29, 1.82) is 0 Å². The van der Waals surface area contributed by atoms with Gasteiger partial charge in [0.1, 0.15) is 0 Å². The van der Waals surface area contributed by atoms with Gasteiger partial charge in [0, 0.05) is 0 Å². The van der Waals surface area contributed by atoms with Crippen LogP contribution in [0.25, 0.3) is 0 Å². The molecule has 0 bridgehead atoms. The average molecular weight is 523 g/mol. The summed E-state index contributed by atoms with van der Waals surface area (Å²) in [5, 5.41) is 0. The molecule has 0 radical (unpaired) electrons. The predicted molar refractivity (Wildman–Crippen MR) is 113 cm³/mol. The SMILES string of the molecule is CC(C)N([C-]=O)C(C)C.CC(C)N([C-]=O)C(C)C.CC(C)N([C-]=O)C(C)C.[La+3]. The van der Waals surface area contributed by atoms with E-state index < -0.39 is 0 Å². The van der Waals surface area contributed by atoms with E-state index in [1.165, 1.54) is 0 Å². The van der Waals surface area contributed by atoms with Crippen molar-refractivity contribution in [3.05, 3.63) is 0 Å². The summed E-state index contributed by atoms with van der Waals surface area (Å²) in [4.78, 5) is 35.5. The molecule has 0 atom stereocenters. The van der Waals surface area contributed by atoms with Gasteiger partial charge < -0.3 is 29.1 Å². The summed E-state index contributed by atoms with van der Waals surface area (Å²) in [6.45, 7) is 23.7. The van der Waals surface area contributed by atoms with Crippen LogP contribution in [0.5, 0.6) is 0 Å². The number of amides is 3. The van der Waals surface area contributed by atoms with Crippen LogP contribution in [0.4, 0.5) is 0 Å². The van der Waals surface area contributed by atoms with Gasteiger partial charge in [0.25, 0.3) is 0 Å². The molecule has 0 saturated heterocycles. The van der Waals surface area contributed by atoms with E-state index in [1.54, 1.807) is 14.7 Å². The Hall–Kier alpha value is -0.395. The summed E-state index contributed by atoms with van der Waals surface area (Å²) >= 11 is 0. The number of hydrogen-bond acceptors (Lipinski definition) is 3. The minimum absolute atomic E-state index is 0. The van der Waals surface area contributed by atoms with E-state index in [0.717, 1.165) is 0 Å². The summed E-state index contributed by atoms with van der Waals surface area (Å²) in [5.74, 6) is 0. The van der Waals surface area contributed by atoms with Gasteiger partial charge in [0.05, 0.1) is 0 Å². The Morgan fingerprint density at radius 1 is 0.393 bits per heavy atom. The van der Waals surface area contributed by atoms with Crippen molar-refractivity contribution >= 4 is 19.2 Å². The van der Waals surface area contributed by atoms with Crippen molar-refractivity contribution in [1.82, 2.24) is 14.7 Å². The molecule has 0 aromatic heterocycles. The van der Waals surface area contributed by atoms with Gasteiger partial charge in [-0.15, -0.1) is 0 Å². The fourth-order valence-electron chi connectivity index (χ4n) is 2.42. The Balaban J connectivity index is -0.000000152. The van der Waals surface area contributed by atoms with E-state index in [2.05, 4.69) is 0 Å². The molecular weight excluding hydrogens is 481 g/mol. The molecule has 7 heteroatoms. The molecule has 0 unspecified atom stereocenters. The second kappa shape index (κ2) is 19.9. The van der Waals surface area contributed by atoms with Gasteiger partial charge in [-0.3, -0.25) is 0 Å². The quantitative estimate of drug-likeness (QED) is 0.343. The minimum Gasteiger partial charge on any atom is -0.520 e. The van der Waals surface area contributed by atoms with Crippen molar-refractivity contribution in [2.24, 2.45) is 0 Å². The van der Waals surface area contributed by atoms with Crippen molar-refractivity contribution in [3.8, 4) is 0 Å². The first-order valence-electron chi connectivity index (χ1n) is 9.76. The van der Waals surface area contributed by atoms with Crippen LogP contribution >= 0.6 is 0 Å². The van der Waals surface area contributed by atoms with Crippen LogP contribution in [0, 0.1) is 35.6 Å².